The zero-order valence-corrected chi connectivity index (χ0v) is 10.1. The Kier molecular flexibility index (Phi) is 3.38. The smallest absolute Gasteiger partial charge is 0.0931 e. The Morgan fingerprint density at radius 3 is 2.86 bits per heavy atom. The summed E-state index contributed by atoms with van der Waals surface area (Å²) in [6, 6.07) is 3.99. The molecule has 78 valence electrons. The third kappa shape index (κ3) is 2.25. The summed E-state index contributed by atoms with van der Waals surface area (Å²) in [4.78, 5) is 1.26. The first-order chi connectivity index (χ1) is 6.74. The van der Waals surface area contributed by atoms with Crippen molar-refractivity contribution in [2.45, 2.75) is 24.9 Å². The molecule has 1 aromatic rings. The monoisotopic (exact) mass is 250 g/mol. The van der Waals surface area contributed by atoms with Crippen LogP contribution in [0.5, 0.6) is 0 Å². The molecular weight excluding hydrogens is 239 g/mol. The van der Waals surface area contributed by atoms with Gasteiger partial charge in [0, 0.05) is 17.9 Å². The summed E-state index contributed by atoms with van der Waals surface area (Å²) in [5.74, 6) is 0.572. The highest BCUT2D eigenvalue weighted by atomic mass is 35.5. The van der Waals surface area contributed by atoms with Gasteiger partial charge in [-0.05, 0) is 25.0 Å². The van der Waals surface area contributed by atoms with E-state index in [1.54, 1.807) is 11.3 Å². The molecular formula is C10H12Cl2OS. The van der Waals surface area contributed by atoms with Crippen LogP contribution in [0.1, 0.15) is 17.7 Å². The Hall–Kier alpha value is 0.240. The largest absolute Gasteiger partial charge is 0.373 e. The van der Waals surface area contributed by atoms with Crippen LogP contribution in [0.3, 0.4) is 0 Å². The van der Waals surface area contributed by atoms with E-state index in [2.05, 4.69) is 6.07 Å². The first-order valence-corrected chi connectivity index (χ1v) is 6.41. The highest BCUT2D eigenvalue weighted by Crippen LogP contribution is 2.33. The van der Waals surface area contributed by atoms with E-state index in [0.717, 1.165) is 30.2 Å². The van der Waals surface area contributed by atoms with Crippen molar-refractivity contribution < 1.29 is 4.74 Å². The molecule has 1 unspecified atom stereocenters. The molecule has 1 aliphatic heterocycles. The van der Waals surface area contributed by atoms with Gasteiger partial charge in [0.2, 0.25) is 0 Å². The summed E-state index contributed by atoms with van der Waals surface area (Å²) in [7, 11) is 0. The van der Waals surface area contributed by atoms with Crippen LogP contribution in [0.4, 0.5) is 0 Å². The van der Waals surface area contributed by atoms with Crippen LogP contribution in [0, 0.1) is 0 Å². The SMILES string of the molecule is ClCC1(Cc2ccc(Cl)s2)CCCO1. The molecule has 0 aliphatic carbocycles. The third-order valence-electron chi connectivity index (χ3n) is 2.55. The molecule has 0 bridgehead atoms. The zero-order chi connectivity index (χ0) is 10.0. The lowest BCUT2D eigenvalue weighted by Gasteiger charge is -2.24. The van der Waals surface area contributed by atoms with E-state index < -0.39 is 0 Å². The van der Waals surface area contributed by atoms with Crippen LogP contribution in [0.25, 0.3) is 0 Å². The van der Waals surface area contributed by atoms with Gasteiger partial charge in [0.05, 0.1) is 15.8 Å². The van der Waals surface area contributed by atoms with Crippen LogP contribution < -0.4 is 0 Å². The van der Waals surface area contributed by atoms with E-state index in [0.29, 0.717) is 5.88 Å². The molecule has 1 nitrogen and oxygen atoms in total. The molecule has 0 aromatic carbocycles. The highest BCUT2D eigenvalue weighted by molar-refractivity contribution is 7.16. The number of hydrogen-bond acceptors (Lipinski definition) is 2. The molecule has 1 aliphatic rings. The molecule has 0 amide bonds. The van der Waals surface area contributed by atoms with Crippen LogP contribution in [0.2, 0.25) is 4.34 Å². The van der Waals surface area contributed by atoms with Crippen LogP contribution in [-0.4, -0.2) is 18.1 Å². The topological polar surface area (TPSA) is 9.23 Å². The van der Waals surface area contributed by atoms with Gasteiger partial charge in [0.1, 0.15) is 0 Å². The maximum Gasteiger partial charge on any atom is 0.0931 e. The zero-order valence-electron chi connectivity index (χ0n) is 7.76. The van der Waals surface area contributed by atoms with Gasteiger partial charge in [0.15, 0.2) is 0 Å². The number of hydrogen-bond donors (Lipinski definition) is 0. The first-order valence-electron chi connectivity index (χ1n) is 4.68. The lowest BCUT2D eigenvalue weighted by Crippen LogP contribution is -2.32. The average Bonchev–Trinajstić information content (AvgIpc) is 2.77. The molecule has 0 radical (unpaired) electrons. The van der Waals surface area contributed by atoms with Crippen molar-refractivity contribution >= 4 is 34.5 Å². The summed E-state index contributed by atoms with van der Waals surface area (Å²) in [6.45, 7) is 0.839. The van der Waals surface area contributed by atoms with Gasteiger partial charge in [-0.15, -0.1) is 22.9 Å². The van der Waals surface area contributed by atoms with E-state index in [9.17, 15) is 0 Å². The number of rotatable bonds is 3. The summed E-state index contributed by atoms with van der Waals surface area (Å²) in [5.41, 5.74) is -0.129. The van der Waals surface area contributed by atoms with Gasteiger partial charge >= 0.3 is 0 Å². The lowest BCUT2D eigenvalue weighted by atomic mass is 9.97. The molecule has 1 aromatic heterocycles. The van der Waals surface area contributed by atoms with Crippen LogP contribution >= 0.6 is 34.5 Å². The van der Waals surface area contributed by atoms with Crippen LogP contribution in [-0.2, 0) is 11.2 Å². The molecule has 0 saturated carbocycles. The highest BCUT2D eigenvalue weighted by Gasteiger charge is 2.34. The van der Waals surface area contributed by atoms with Gasteiger partial charge in [-0.3, -0.25) is 0 Å². The molecule has 2 rings (SSSR count). The quantitative estimate of drug-likeness (QED) is 0.744. The maximum atomic E-state index is 5.97. The van der Waals surface area contributed by atoms with Gasteiger partial charge in [-0.2, -0.15) is 0 Å². The van der Waals surface area contributed by atoms with Crippen LogP contribution in [0.15, 0.2) is 12.1 Å². The van der Waals surface area contributed by atoms with Gasteiger partial charge in [-0.1, -0.05) is 11.6 Å². The minimum atomic E-state index is -0.129. The van der Waals surface area contributed by atoms with E-state index in [4.69, 9.17) is 27.9 Å². The average molecular weight is 251 g/mol. The second-order valence-corrected chi connectivity index (χ2v) is 5.72. The number of halogens is 2. The van der Waals surface area contributed by atoms with E-state index >= 15 is 0 Å². The van der Waals surface area contributed by atoms with Crippen molar-refractivity contribution in [3.8, 4) is 0 Å². The third-order valence-corrected chi connectivity index (χ3v) is 4.27. The second-order valence-electron chi connectivity index (χ2n) is 3.65. The maximum absolute atomic E-state index is 5.97. The molecule has 0 N–H and O–H groups in total. The Balaban J connectivity index is 2.08. The summed E-state index contributed by atoms with van der Waals surface area (Å²) in [5, 5.41) is 0. The Morgan fingerprint density at radius 1 is 1.50 bits per heavy atom. The van der Waals surface area contributed by atoms with Crippen molar-refractivity contribution in [2.75, 3.05) is 12.5 Å². The van der Waals surface area contributed by atoms with Gasteiger partial charge < -0.3 is 4.74 Å². The Labute approximate surface area is 98.0 Å². The molecule has 4 heteroatoms. The molecule has 1 saturated heterocycles. The van der Waals surface area contributed by atoms with Crippen molar-refractivity contribution in [1.82, 2.24) is 0 Å². The predicted octanol–water partition coefficient (Wildman–Crippen LogP) is 3.73. The van der Waals surface area contributed by atoms with Crippen molar-refractivity contribution in [1.29, 1.82) is 0 Å². The predicted molar refractivity (Wildman–Crippen MR) is 61.7 cm³/mol. The summed E-state index contributed by atoms with van der Waals surface area (Å²) < 4.78 is 6.57. The fourth-order valence-corrected chi connectivity index (χ4v) is 3.33. The van der Waals surface area contributed by atoms with E-state index in [1.807, 2.05) is 6.07 Å². The first kappa shape index (κ1) is 10.7. The standard InChI is InChI=1S/C10H12Cl2OS/c11-7-10(4-1-5-13-10)6-8-2-3-9(12)14-8/h2-3H,1,4-7H2. The summed E-state index contributed by atoms with van der Waals surface area (Å²) >= 11 is 13.5. The molecule has 1 fully saturated rings. The molecule has 14 heavy (non-hydrogen) atoms. The van der Waals surface area contributed by atoms with Crippen molar-refractivity contribution in [3.63, 3.8) is 0 Å². The molecule has 2 heterocycles. The minimum Gasteiger partial charge on any atom is -0.373 e. The van der Waals surface area contributed by atoms with E-state index in [1.165, 1.54) is 4.88 Å². The van der Waals surface area contributed by atoms with Gasteiger partial charge in [0.25, 0.3) is 0 Å². The Bertz CT molecular complexity index is 305. The Morgan fingerprint density at radius 2 is 2.36 bits per heavy atom. The molecule has 0 spiro atoms. The molecule has 1 atom stereocenters. The van der Waals surface area contributed by atoms with Crippen molar-refractivity contribution in [2.24, 2.45) is 0 Å². The normalized spacial score (nSPS) is 27.0. The fourth-order valence-electron chi connectivity index (χ4n) is 1.81. The van der Waals surface area contributed by atoms with E-state index in [-0.39, 0.29) is 5.60 Å². The van der Waals surface area contributed by atoms with Crippen molar-refractivity contribution in [3.05, 3.63) is 21.3 Å². The summed E-state index contributed by atoms with van der Waals surface area (Å²) in [6.07, 6.45) is 3.08. The second kappa shape index (κ2) is 4.40. The van der Waals surface area contributed by atoms with Gasteiger partial charge in [-0.25, -0.2) is 0 Å². The number of alkyl halides is 1. The fraction of sp³-hybridized carbons (Fsp3) is 0.600. The number of thiophene rings is 1. The minimum absolute atomic E-state index is 0.129. The lowest BCUT2D eigenvalue weighted by molar-refractivity contribution is 0.0244. The number of ether oxygens (including phenoxy) is 1.